The van der Waals surface area contributed by atoms with E-state index in [4.69, 9.17) is 16.6 Å². The van der Waals surface area contributed by atoms with Crippen LogP contribution < -0.4 is 4.90 Å². The maximum Gasteiger partial charge on any atom is 0.195 e. The van der Waals surface area contributed by atoms with E-state index >= 15 is 0 Å². The number of nitrogens with zero attached hydrogens (tertiary/aromatic N) is 3. The van der Waals surface area contributed by atoms with Gasteiger partial charge in [0.25, 0.3) is 0 Å². The van der Waals surface area contributed by atoms with Crippen LogP contribution in [0.5, 0.6) is 0 Å². The van der Waals surface area contributed by atoms with Crippen molar-refractivity contribution in [1.82, 2.24) is 9.38 Å². The van der Waals surface area contributed by atoms with Crippen molar-refractivity contribution in [3.8, 4) is 0 Å². The molecule has 1 saturated heterocycles. The van der Waals surface area contributed by atoms with E-state index in [1.54, 1.807) is 11.3 Å². The summed E-state index contributed by atoms with van der Waals surface area (Å²) < 4.78 is 2.16. The summed E-state index contributed by atoms with van der Waals surface area (Å²) in [6.07, 6.45) is 8.90. The van der Waals surface area contributed by atoms with Crippen molar-refractivity contribution >= 4 is 33.7 Å². The second-order valence-corrected chi connectivity index (χ2v) is 6.81. The van der Waals surface area contributed by atoms with Gasteiger partial charge in [0, 0.05) is 24.2 Å². The molecule has 2 fully saturated rings. The monoisotopic (exact) mass is 295 g/mol. The van der Waals surface area contributed by atoms with E-state index in [-0.39, 0.29) is 0 Å². The average molecular weight is 296 g/mol. The number of alkyl halides is 1. The van der Waals surface area contributed by atoms with Crippen LogP contribution in [-0.2, 0) is 5.88 Å². The predicted molar refractivity (Wildman–Crippen MR) is 80.3 cm³/mol. The highest BCUT2D eigenvalue weighted by molar-refractivity contribution is 7.15. The van der Waals surface area contributed by atoms with Gasteiger partial charge in [0.05, 0.1) is 11.6 Å². The number of hydrogen-bond acceptors (Lipinski definition) is 3. The molecule has 1 saturated carbocycles. The van der Waals surface area contributed by atoms with E-state index in [2.05, 4.69) is 20.9 Å². The summed E-state index contributed by atoms with van der Waals surface area (Å²) in [6, 6.07) is 0.709. The van der Waals surface area contributed by atoms with E-state index in [1.807, 2.05) is 0 Å². The van der Waals surface area contributed by atoms with Gasteiger partial charge in [-0.3, -0.25) is 4.40 Å². The zero-order chi connectivity index (χ0) is 12.8. The molecule has 1 aliphatic heterocycles. The van der Waals surface area contributed by atoms with Crippen LogP contribution in [0.3, 0.4) is 0 Å². The van der Waals surface area contributed by atoms with Gasteiger partial charge in [-0.2, -0.15) is 0 Å². The zero-order valence-electron chi connectivity index (χ0n) is 10.9. The number of hydrogen-bond donors (Lipinski definition) is 0. The minimum atomic E-state index is 0.543. The smallest absolute Gasteiger partial charge is 0.195 e. The lowest BCUT2D eigenvalue weighted by Crippen LogP contribution is -2.43. The Bertz CT molecular complexity index is 591. The molecule has 0 radical (unpaired) electrons. The van der Waals surface area contributed by atoms with E-state index in [1.165, 1.54) is 37.8 Å². The first-order valence-corrected chi connectivity index (χ1v) is 8.57. The SMILES string of the molecule is ClCc1c(N2CCCC3CCCC32)nc2sccn12. The number of piperidine rings is 1. The van der Waals surface area contributed by atoms with Crippen LogP contribution in [0.1, 0.15) is 37.8 Å². The molecule has 4 rings (SSSR count). The van der Waals surface area contributed by atoms with Crippen molar-refractivity contribution in [2.24, 2.45) is 5.92 Å². The maximum atomic E-state index is 6.19. The molecule has 2 aromatic rings. The summed E-state index contributed by atoms with van der Waals surface area (Å²) in [4.78, 5) is 8.48. The van der Waals surface area contributed by atoms with Crippen LogP contribution in [0.2, 0.25) is 0 Å². The molecule has 2 unspecified atom stereocenters. The van der Waals surface area contributed by atoms with Crippen molar-refractivity contribution in [2.45, 2.75) is 44.0 Å². The average Bonchev–Trinajstić information content (AvgIpc) is 3.12. The largest absolute Gasteiger partial charge is 0.352 e. The minimum Gasteiger partial charge on any atom is -0.352 e. The highest BCUT2D eigenvalue weighted by Crippen LogP contribution is 2.40. The number of rotatable bonds is 2. The van der Waals surface area contributed by atoms with Crippen molar-refractivity contribution < 1.29 is 0 Å². The lowest BCUT2D eigenvalue weighted by atomic mass is 9.92. The van der Waals surface area contributed by atoms with E-state index in [0.717, 1.165) is 23.2 Å². The van der Waals surface area contributed by atoms with Gasteiger partial charge in [0.15, 0.2) is 10.8 Å². The number of halogens is 1. The molecule has 3 heterocycles. The molecule has 0 spiro atoms. The second kappa shape index (κ2) is 4.67. The number of aromatic nitrogens is 2. The Morgan fingerprint density at radius 3 is 3.11 bits per heavy atom. The fourth-order valence-corrected chi connectivity index (χ4v) is 4.87. The Morgan fingerprint density at radius 1 is 1.32 bits per heavy atom. The normalized spacial score (nSPS) is 27.1. The van der Waals surface area contributed by atoms with Gasteiger partial charge in [-0.25, -0.2) is 4.98 Å². The summed E-state index contributed by atoms with van der Waals surface area (Å²) >= 11 is 7.88. The molecule has 102 valence electrons. The van der Waals surface area contributed by atoms with Gasteiger partial charge >= 0.3 is 0 Å². The van der Waals surface area contributed by atoms with Crippen molar-refractivity contribution in [1.29, 1.82) is 0 Å². The lowest BCUT2D eigenvalue weighted by molar-refractivity contribution is 0.360. The molecule has 0 N–H and O–H groups in total. The molecule has 0 aromatic carbocycles. The van der Waals surface area contributed by atoms with Gasteiger partial charge < -0.3 is 4.90 Å². The Labute approximate surface area is 122 Å². The zero-order valence-corrected chi connectivity index (χ0v) is 12.5. The molecule has 19 heavy (non-hydrogen) atoms. The number of thiazole rings is 1. The fourth-order valence-electron chi connectivity index (χ4n) is 3.89. The van der Waals surface area contributed by atoms with Crippen molar-refractivity contribution in [3.63, 3.8) is 0 Å². The third-order valence-electron chi connectivity index (χ3n) is 4.73. The number of imidazole rings is 1. The van der Waals surface area contributed by atoms with E-state index in [9.17, 15) is 0 Å². The van der Waals surface area contributed by atoms with Crippen LogP contribution >= 0.6 is 22.9 Å². The third-order valence-corrected chi connectivity index (χ3v) is 5.74. The highest BCUT2D eigenvalue weighted by atomic mass is 35.5. The summed E-state index contributed by atoms with van der Waals surface area (Å²) in [5.74, 6) is 2.58. The summed E-state index contributed by atoms with van der Waals surface area (Å²) in [5, 5.41) is 2.08. The van der Waals surface area contributed by atoms with Crippen LogP contribution in [0, 0.1) is 5.92 Å². The van der Waals surface area contributed by atoms with Crippen LogP contribution in [0.4, 0.5) is 5.82 Å². The molecule has 2 aliphatic rings. The Kier molecular flexibility index (Phi) is 2.96. The third kappa shape index (κ3) is 1.80. The van der Waals surface area contributed by atoms with Gasteiger partial charge in [0.1, 0.15) is 0 Å². The van der Waals surface area contributed by atoms with Crippen LogP contribution in [-0.4, -0.2) is 22.0 Å². The molecule has 0 bridgehead atoms. The second-order valence-electron chi connectivity index (χ2n) is 5.67. The number of fused-ring (bicyclic) bond motifs is 2. The Morgan fingerprint density at radius 2 is 2.21 bits per heavy atom. The summed E-state index contributed by atoms with van der Waals surface area (Å²) in [5.41, 5.74) is 1.17. The summed E-state index contributed by atoms with van der Waals surface area (Å²) in [7, 11) is 0. The highest BCUT2D eigenvalue weighted by Gasteiger charge is 2.37. The quantitative estimate of drug-likeness (QED) is 0.783. The minimum absolute atomic E-state index is 0.543. The molecule has 5 heteroatoms. The maximum absolute atomic E-state index is 6.19. The first kappa shape index (κ1) is 12.0. The van der Waals surface area contributed by atoms with Crippen LogP contribution in [0.25, 0.3) is 4.96 Å². The molecule has 2 atom stereocenters. The first-order valence-electron chi connectivity index (χ1n) is 7.15. The van der Waals surface area contributed by atoms with E-state index < -0.39 is 0 Å². The molecule has 1 aliphatic carbocycles. The van der Waals surface area contributed by atoms with Gasteiger partial charge in [0.2, 0.25) is 0 Å². The topological polar surface area (TPSA) is 20.5 Å². The predicted octanol–water partition coefficient (Wildman–Crippen LogP) is 3.90. The summed E-state index contributed by atoms with van der Waals surface area (Å²) in [6.45, 7) is 1.15. The molecule has 2 aromatic heterocycles. The first-order chi connectivity index (χ1) is 9.38. The molecular formula is C14H18ClN3S. The van der Waals surface area contributed by atoms with Gasteiger partial charge in [-0.05, 0) is 31.6 Å². The number of anilines is 1. The van der Waals surface area contributed by atoms with E-state index in [0.29, 0.717) is 11.9 Å². The van der Waals surface area contributed by atoms with Crippen LogP contribution in [0.15, 0.2) is 11.6 Å². The Hall–Kier alpha value is -0.740. The van der Waals surface area contributed by atoms with Crippen molar-refractivity contribution in [3.05, 3.63) is 17.3 Å². The standard InChI is InChI=1S/C14H18ClN3S/c15-9-12-13(16-14-18(12)7-8-19-14)17-6-2-4-10-3-1-5-11(10)17/h7-8,10-11H,1-6,9H2. The molecule has 0 amide bonds. The van der Waals surface area contributed by atoms with Gasteiger partial charge in [-0.15, -0.1) is 22.9 Å². The molecular weight excluding hydrogens is 278 g/mol. The fraction of sp³-hybridized carbons (Fsp3) is 0.643. The molecule has 3 nitrogen and oxygen atoms in total. The van der Waals surface area contributed by atoms with Crippen molar-refractivity contribution in [2.75, 3.05) is 11.4 Å². The van der Waals surface area contributed by atoms with Gasteiger partial charge in [-0.1, -0.05) is 6.42 Å². The Balaban J connectivity index is 1.78. The lowest BCUT2D eigenvalue weighted by Gasteiger charge is -2.38.